The van der Waals surface area contributed by atoms with E-state index in [1.54, 1.807) is 24.3 Å². The number of benzene rings is 2. The van der Waals surface area contributed by atoms with E-state index in [0.717, 1.165) is 13.4 Å². The second kappa shape index (κ2) is 6.65. The first-order chi connectivity index (χ1) is 9.11. The molecule has 0 bridgehead atoms. The molecule has 2 rings (SSSR count). The third-order valence-electron chi connectivity index (χ3n) is 2.49. The number of rotatable bonds is 4. The van der Waals surface area contributed by atoms with Gasteiger partial charge in [-0.1, -0.05) is 18.2 Å². The van der Waals surface area contributed by atoms with Crippen molar-refractivity contribution in [2.24, 2.45) is 0 Å². The highest BCUT2D eigenvalue weighted by atomic mass is 127. The molecular formula is C14H9FI2O2. The number of carbonyl (C=O) groups excluding carboxylic acids is 1. The maximum Gasteiger partial charge on any atom is 0.153 e. The van der Waals surface area contributed by atoms with Gasteiger partial charge in [0.25, 0.3) is 0 Å². The summed E-state index contributed by atoms with van der Waals surface area (Å²) < 4.78 is 20.9. The Labute approximate surface area is 137 Å². The largest absolute Gasteiger partial charge is 0.487 e. The summed E-state index contributed by atoms with van der Waals surface area (Å²) in [7, 11) is 0. The lowest BCUT2D eigenvalue weighted by molar-refractivity contribution is 0.111. The summed E-state index contributed by atoms with van der Waals surface area (Å²) in [4.78, 5) is 11.0. The third kappa shape index (κ3) is 3.65. The van der Waals surface area contributed by atoms with Crippen LogP contribution in [0.3, 0.4) is 0 Å². The number of hydrogen-bond acceptors (Lipinski definition) is 2. The first-order valence-electron chi connectivity index (χ1n) is 5.42. The molecule has 0 amide bonds. The number of carbonyl (C=O) groups is 1. The normalized spacial score (nSPS) is 10.3. The molecule has 98 valence electrons. The summed E-state index contributed by atoms with van der Waals surface area (Å²) in [5.41, 5.74) is 0.946. The van der Waals surface area contributed by atoms with Gasteiger partial charge in [-0.15, -0.1) is 0 Å². The molecule has 0 unspecified atom stereocenters. The van der Waals surface area contributed by atoms with Gasteiger partial charge in [-0.2, -0.15) is 0 Å². The first-order valence-corrected chi connectivity index (χ1v) is 7.58. The minimum Gasteiger partial charge on any atom is -0.487 e. The number of aldehydes is 1. The molecule has 0 aliphatic heterocycles. The van der Waals surface area contributed by atoms with Crippen LogP contribution in [0.25, 0.3) is 0 Å². The summed E-state index contributed by atoms with van der Waals surface area (Å²) in [6, 6.07) is 10.1. The van der Waals surface area contributed by atoms with Crippen LogP contribution in [0, 0.1) is 13.0 Å². The Bertz CT molecular complexity index is 614. The lowest BCUT2D eigenvalue weighted by Gasteiger charge is -2.11. The van der Waals surface area contributed by atoms with Crippen molar-refractivity contribution in [3.05, 3.63) is 60.5 Å². The molecule has 0 aromatic heterocycles. The lowest BCUT2D eigenvalue weighted by atomic mass is 10.2. The Morgan fingerprint density at radius 3 is 2.63 bits per heavy atom. The number of ether oxygens (including phenoxy) is 1. The van der Waals surface area contributed by atoms with Crippen LogP contribution in [-0.2, 0) is 6.61 Å². The van der Waals surface area contributed by atoms with Crippen molar-refractivity contribution in [3.63, 3.8) is 0 Å². The van der Waals surface area contributed by atoms with Crippen molar-refractivity contribution < 1.29 is 13.9 Å². The lowest BCUT2D eigenvalue weighted by Crippen LogP contribution is -2.02. The third-order valence-corrected chi connectivity index (χ3v) is 3.92. The van der Waals surface area contributed by atoms with E-state index < -0.39 is 0 Å². The SMILES string of the molecule is O=Cc1cc(I)cc(I)c1OCc1ccccc1F. The molecule has 0 heterocycles. The number of hydrogen-bond donors (Lipinski definition) is 0. The van der Waals surface area contributed by atoms with Gasteiger partial charge in [0.05, 0.1) is 9.13 Å². The molecule has 0 N–H and O–H groups in total. The fraction of sp³-hybridized carbons (Fsp3) is 0.0714. The second-order valence-electron chi connectivity index (χ2n) is 3.80. The molecule has 19 heavy (non-hydrogen) atoms. The molecule has 0 saturated heterocycles. The maximum atomic E-state index is 13.5. The van der Waals surface area contributed by atoms with Crippen molar-refractivity contribution in [2.45, 2.75) is 6.61 Å². The van der Waals surface area contributed by atoms with Crippen LogP contribution in [0.4, 0.5) is 4.39 Å². The van der Waals surface area contributed by atoms with Crippen molar-refractivity contribution in [3.8, 4) is 5.75 Å². The summed E-state index contributed by atoms with van der Waals surface area (Å²) >= 11 is 4.24. The van der Waals surface area contributed by atoms with E-state index in [-0.39, 0.29) is 12.4 Å². The fourth-order valence-corrected chi connectivity index (χ4v) is 3.63. The summed E-state index contributed by atoms with van der Waals surface area (Å²) in [5, 5.41) is 0. The zero-order valence-electron chi connectivity index (χ0n) is 9.70. The second-order valence-corrected chi connectivity index (χ2v) is 6.21. The molecule has 0 radical (unpaired) electrons. The van der Waals surface area contributed by atoms with Crippen molar-refractivity contribution in [1.29, 1.82) is 0 Å². The Hall–Kier alpha value is -0.700. The molecule has 2 aromatic carbocycles. The van der Waals surface area contributed by atoms with Gasteiger partial charge in [-0.3, -0.25) is 4.79 Å². The highest BCUT2D eigenvalue weighted by Crippen LogP contribution is 2.28. The van der Waals surface area contributed by atoms with Gasteiger partial charge >= 0.3 is 0 Å². The van der Waals surface area contributed by atoms with Gasteiger partial charge in [-0.05, 0) is 63.4 Å². The Morgan fingerprint density at radius 1 is 1.21 bits per heavy atom. The zero-order chi connectivity index (χ0) is 13.8. The van der Waals surface area contributed by atoms with Gasteiger partial charge in [0, 0.05) is 9.13 Å². The van der Waals surface area contributed by atoms with E-state index in [1.807, 2.05) is 6.07 Å². The van der Waals surface area contributed by atoms with Crippen LogP contribution in [0.15, 0.2) is 36.4 Å². The van der Waals surface area contributed by atoms with Crippen LogP contribution < -0.4 is 4.74 Å². The molecule has 0 aliphatic carbocycles. The minimum atomic E-state index is -0.310. The quantitative estimate of drug-likeness (QED) is 0.477. The molecule has 2 nitrogen and oxygen atoms in total. The minimum absolute atomic E-state index is 0.101. The smallest absolute Gasteiger partial charge is 0.153 e. The predicted octanol–water partition coefficient (Wildman–Crippen LogP) is 4.43. The van der Waals surface area contributed by atoms with E-state index in [1.165, 1.54) is 6.07 Å². The molecule has 2 aromatic rings. The summed E-state index contributed by atoms with van der Waals surface area (Å²) in [6.45, 7) is 0.101. The van der Waals surface area contributed by atoms with Crippen LogP contribution in [-0.4, -0.2) is 6.29 Å². The van der Waals surface area contributed by atoms with Crippen molar-refractivity contribution in [1.82, 2.24) is 0 Å². The van der Waals surface area contributed by atoms with E-state index >= 15 is 0 Å². The van der Waals surface area contributed by atoms with Crippen LogP contribution in [0.2, 0.25) is 0 Å². The maximum absolute atomic E-state index is 13.5. The Balaban J connectivity index is 2.25. The fourth-order valence-electron chi connectivity index (χ4n) is 1.59. The van der Waals surface area contributed by atoms with Gasteiger partial charge in [-0.25, -0.2) is 4.39 Å². The molecule has 0 aliphatic rings. The molecular weight excluding hydrogens is 473 g/mol. The highest BCUT2D eigenvalue weighted by Gasteiger charge is 2.11. The van der Waals surface area contributed by atoms with Crippen LogP contribution in [0.5, 0.6) is 5.75 Å². The molecule has 5 heteroatoms. The standard InChI is InChI=1S/C14H9FI2O2/c15-12-4-2-1-3-9(12)8-19-14-10(7-18)5-11(16)6-13(14)17/h1-7H,8H2. The molecule has 0 fully saturated rings. The topological polar surface area (TPSA) is 26.3 Å². The van der Waals surface area contributed by atoms with Gasteiger partial charge in [0.1, 0.15) is 18.2 Å². The van der Waals surface area contributed by atoms with Crippen LogP contribution in [0.1, 0.15) is 15.9 Å². The van der Waals surface area contributed by atoms with Crippen molar-refractivity contribution in [2.75, 3.05) is 0 Å². The average Bonchev–Trinajstić information content (AvgIpc) is 2.38. The van der Waals surface area contributed by atoms with Gasteiger partial charge in [0.15, 0.2) is 6.29 Å². The van der Waals surface area contributed by atoms with E-state index in [0.29, 0.717) is 16.9 Å². The molecule has 0 spiro atoms. The summed E-state index contributed by atoms with van der Waals surface area (Å²) in [5.74, 6) is 0.190. The molecule has 0 saturated carbocycles. The Morgan fingerprint density at radius 2 is 1.95 bits per heavy atom. The first kappa shape index (κ1) is 14.7. The van der Waals surface area contributed by atoms with Crippen molar-refractivity contribution >= 4 is 51.5 Å². The van der Waals surface area contributed by atoms with E-state index in [2.05, 4.69) is 45.2 Å². The summed E-state index contributed by atoms with van der Waals surface area (Å²) in [6.07, 6.45) is 0.751. The van der Waals surface area contributed by atoms with Gasteiger partial charge < -0.3 is 4.74 Å². The van der Waals surface area contributed by atoms with E-state index in [9.17, 15) is 9.18 Å². The highest BCUT2D eigenvalue weighted by molar-refractivity contribution is 14.1. The van der Waals surface area contributed by atoms with E-state index in [4.69, 9.17) is 4.74 Å². The number of halogens is 3. The molecule has 0 atom stereocenters. The van der Waals surface area contributed by atoms with Gasteiger partial charge in [0.2, 0.25) is 0 Å². The zero-order valence-corrected chi connectivity index (χ0v) is 14.0. The average molecular weight is 482 g/mol. The van der Waals surface area contributed by atoms with Crippen LogP contribution >= 0.6 is 45.2 Å². The Kier molecular flexibility index (Phi) is 5.14. The predicted molar refractivity (Wildman–Crippen MR) is 88.0 cm³/mol. The monoisotopic (exact) mass is 482 g/mol.